The predicted molar refractivity (Wildman–Crippen MR) is 103 cm³/mol. The van der Waals surface area contributed by atoms with Crippen LogP contribution in [0.3, 0.4) is 0 Å². The van der Waals surface area contributed by atoms with Crippen LogP contribution in [0.25, 0.3) is 0 Å². The minimum Gasteiger partial charge on any atom is -0.355 e. The number of rotatable bonds is 4. The van der Waals surface area contributed by atoms with Crippen molar-refractivity contribution in [1.29, 1.82) is 5.26 Å². The topological polar surface area (TPSA) is 77.8 Å². The maximum atomic E-state index is 12.5. The van der Waals surface area contributed by atoms with Crippen LogP contribution in [-0.4, -0.2) is 10.9 Å². The van der Waals surface area contributed by atoms with Crippen molar-refractivity contribution in [1.82, 2.24) is 4.98 Å². The molecule has 0 spiro atoms. The third kappa shape index (κ3) is 4.12. The zero-order valence-electron chi connectivity index (χ0n) is 13.3. The zero-order valence-corrected chi connectivity index (χ0v) is 14.8. The molecule has 128 valence electrons. The standard InChI is InChI=1S/C19H12Cl2N4O/c20-15-2-1-3-16(21)18(15)25-19(26)17-10-14(8-9-23-17)24-13-6-4-12(11-22)5-7-13/h1-10H,(H,23,24)(H,25,26). The van der Waals surface area contributed by atoms with Crippen molar-refractivity contribution in [3.63, 3.8) is 0 Å². The highest BCUT2D eigenvalue weighted by Crippen LogP contribution is 2.30. The van der Waals surface area contributed by atoms with Gasteiger partial charge in [-0.2, -0.15) is 5.26 Å². The van der Waals surface area contributed by atoms with Gasteiger partial charge in [-0.25, -0.2) is 0 Å². The molecule has 26 heavy (non-hydrogen) atoms. The fourth-order valence-corrected chi connectivity index (χ4v) is 2.71. The Kier molecular flexibility index (Phi) is 5.37. The summed E-state index contributed by atoms with van der Waals surface area (Å²) in [6.45, 7) is 0. The quantitative estimate of drug-likeness (QED) is 0.645. The highest BCUT2D eigenvalue weighted by atomic mass is 35.5. The molecule has 0 saturated carbocycles. The highest BCUT2D eigenvalue weighted by Gasteiger charge is 2.13. The Bertz CT molecular complexity index is 977. The van der Waals surface area contributed by atoms with Crippen LogP contribution >= 0.6 is 23.2 Å². The van der Waals surface area contributed by atoms with E-state index in [1.165, 1.54) is 6.20 Å². The Balaban J connectivity index is 1.78. The van der Waals surface area contributed by atoms with Crippen molar-refractivity contribution in [3.8, 4) is 6.07 Å². The second kappa shape index (κ2) is 7.87. The van der Waals surface area contributed by atoms with Crippen LogP contribution in [0, 0.1) is 11.3 Å². The average Bonchev–Trinajstić information content (AvgIpc) is 2.65. The van der Waals surface area contributed by atoms with Gasteiger partial charge in [-0.1, -0.05) is 29.3 Å². The molecule has 7 heteroatoms. The van der Waals surface area contributed by atoms with E-state index in [9.17, 15) is 4.79 Å². The monoisotopic (exact) mass is 382 g/mol. The maximum Gasteiger partial charge on any atom is 0.274 e. The van der Waals surface area contributed by atoms with Gasteiger partial charge in [0.1, 0.15) is 5.69 Å². The molecular weight excluding hydrogens is 371 g/mol. The second-order valence-corrected chi connectivity index (χ2v) is 6.11. The number of nitriles is 1. The fraction of sp³-hybridized carbons (Fsp3) is 0. The van der Waals surface area contributed by atoms with Gasteiger partial charge < -0.3 is 10.6 Å². The fourth-order valence-electron chi connectivity index (χ4n) is 2.22. The van der Waals surface area contributed by atoms with Crippen molar-refractivity contribution in [2.75, 3.05) is 10.6 Å². The molecule has 0 unspecified atom stereocenters. The van der Waals surface area contributed by atoms with E-state index in [4.69, 9.17) is 28.5 Å². The zero-order chi connectivity index (χ0) is 18.5. The molecule has 1 aromatic heterocycles. The number of hydrogen-bond acceptors (Lipinski definition) is 4. The summed E-state index contributed by atoms with van der Waals surface area (Å²) in [4.78, 5) is 16.5. The first-order chi connectivity index (χ1) is 12.6. The highest BCUT2D eigenvalue weighted by molar-refractivity contribution is 6.40. The smallest absolute Gasteiger partial charge is 0.274 e. The minimum absolute atomic E-state index is 0.208. The number of pyridine rings is 1. The van der Waals surface area contributed by atoms with Crippen LogP contribution in [0.15, 0.2) is 60.8 Å². The molecule has 0 aliphatic heterocycles. The molecule has 3 aromatic rings. The summed E-state index contributed by atoms with van der Waals surface area (Å²) >= 11 is 12.1. The van der Waals surface area contributed by atoms with Crippen LogP contribution in [0.5, 0.6) is 0 Å². The molecule has 0 radical (unpaired) electrons. The first-order valence-electron chi connectivity index (χ1n) is 7.55. The van der Waals surface area contributed by atoms with E-state index in [2.05, 4.69) is 21.7 Å². The lowest BCUT2D eigenvalue weighted by Crippen LogP contribution is -2.14. The van der Waals surface area contributed by atoms with Crippen molar-refractivity contribution in [3.05, 3.63) is 82.1 Å². The van der Waals surface area contributed by atoms with E-state index in [0.29, 0.717) is 27.0 Å². The van der Waals surface area contributed by atoms with E-state index < -0.39 is 5.91 Å². The first-order valence-corrected chi connectivity index (χ1v) is 8.31. The molecule has 0 saturated heterocycles. The summed E-state index contributed by atoms with van der Waals surface area (Å²) in [6, 6.07) is 17.3. The summed E-state index contributed by atoms with van der Waals surface area (Å²) < 4.78 is 0. The maximum absolute atomic E-state index is 12.5. The Hall–Kier alpha value is -3.07. The van der Waals surface area contributed by atoms with Crippen molar-refractivity contribution >= 4 is 46.2 Å². The summed E-state index contributed by atoms with van der Waals surface area (Å²) in [5.74, 6) is -0.427. The average molecular weight is 383 g/mol. The molecule has 2 N–H and O–H groups in total. The number of nitrogens with zero attached hydrogens (tertiary/aromatic N) is 2. The van der Waals surface area contributed by atoms with E-state index in [0.717, 1.165) is 5.69 Å². The van der Waals surface area contributed by atoms with Crippen LogP contribution in [0.4, 0.5) is 17.1 Å². The van der Waals surface area contributed by atoms with Gasteiger partial charge in [0.25, 0.3) is 5.91 Å². The number of halogens is 2. The number of benzene rings is 2. The van der Waals surface area contributed by atoms with Gasteiger partial charge >= 0.3 is 0 Å². The number of amides is 1. The minimum atomic E-state index is -0.427. The Morgan fingerprint density at radius 2 is 1.69 bits per heavy atom. The van der Waals surface area contributed by atoms with E-state index in [1.54, 1.807) is 54.6 Å². The Morgan fingerprint density at radius 3 is 2.35 bits per heavy atom. The lowest BCUT2D eigenvalue weighted by atomic mass is 10.2. The lowest BCUT2D eigenvalue weighted by molar-refractivity contribution is 0.102. The lowest BCUT2D eigenvalue weighted by Gasteiger charge is -2.10. The summed E-state index contributed by atoms with van der Waals surface area (Å²) in [5.41, 5.74) is 2.59. The van der Waals surface area contributed by atoms with Gasteiger partial charge in [0.05, 0.1) is 27.4 Å². The normalized spacial score (nSPS) is 10.0. The largest absolute Gasteiger partial charge is 0.355 e. The summed E-state index contributed by atoms with van der Waals surface area (Å²) in [5, 5.41) is 15.4. The third-order valence-corrected chi connectivity index (χ3v) is 4.13. The molecule has 0 atom stereocenters. The van der Waals surface area contributed by atoms with Crippen LogP contribution < -0.4 is 10.6 Å². The molecule has 0 aliphatic rings. The van der Waals surface area contributed by atoms with Gasteiger partial charge in [0.2, 0.25) is 0 Å². The number of aromatic nitrogens is 1. The molecule has 0 bridgehead atoms. The second-order valence-electron chi connectivity index (χ2n) is 5.29. The van der Waals surface area contributed by atoms with Crippen LogP contribution in [0.1, 0.15) is 16.1 Å². The molecule has 2 aromatic carbocycles. The summed E-state index contributed by atoms with van der Waals surface area (Å²) in [7, 11) is 0. The van der Waals surface area contributed by atoms with Gasteiger partial charge in [-0.05, 0) is 48.5 Å². The van der Waals surface area contributed by atoms with E-state index in [1.807, 2.05) is 0 Å². The summed E-state index contributed by atoms with van der Waals surface area (Å²) in [6.07, 6.45) is 1.52. The number of carbonyl (C=O) groups is 1. The van der Waals surface area contributed by atoms with Crippen LogP contribution in [0.2, 0.25) is 10.0 Å². The molecule has 0 aliphatic carbocycles. The van der Waals surface area contributed by atoms with Crippen LogP contribution in [-0.2, 0) is 0 Å². The van der Waals surface area contributed by atoms with Crippen molar-refractivity contribution in [2.24, 2.45) is 0 Å². The number of para-hydroxylation sites is 1. The Morgan fingerprint density at radius 1 is 1.00 bits per heavy atom. The molecule has 3 rings (SSSR count). The number of nitrogens with one attached hydrogen (secondary N) is 2. The number of carbonyl (C=O) groups excluding carboxylic acids is 1. The van der Waals surface area contributed by atoms with E-state index in [-0.39, 0.29) is 5.69 Å². The van der Waals surface area contributed by atoms with Gasteiger partial charge in [0, 0.05) is 17.6 Å². The molecule has 1 heterocycles. The molecule has 0 fully saturated rings. The Labute approximate surface area is 160 Å². The molecule has 1 amide bonds. The molecular formula is C19H12Cl2N4O. The third-order valence-electron chi connectivity index (χ3n) is 3.50. The van der Waals surface area contributed by atoms with Crippen molar-refractivity contribution in [2.45, 2.75) is 0 Å². The van der Waals surface area contributed by atoms with Gasteiger partial charge in [-0.15, -0.1) is 0 Å². The predicted octanol–water partition coefficient (Wildman–Crippen LogP) is 5.26. The molecule has 5 nitrogen and oxygen atoms in total. The van der Waals surface area contributed by atoms with Gasteiger partial charge in [-0.3, -0.25) is 9.78 Å². The number of anilines is 3. The van der Waals surface area contributed by atoms with E-state index >= 15 is 0 Å². The first kappa shape index (κ1) is 17.7. The SMILES string of the molecule is N#Cc1ccc(Nc2ccnc(C(=O)Nc3c(Cl)cccc3Cl)c2)cc1. The number of hydrogen-bond donors (Lipinski definition) is 2. The van der Waals surface area contributed by atoms with Crippen molar-refractivity contribution < 1.29 is 4.79 Å². The van der Waals surface area contributed by atoms with Gasteiger partial charge in [0.15, 0.2) is 0 Å².